The molecule has 0 saturated carbocycles. The fourth-order valence-corrected chi connectivity index (χ4v) is 1.93. The summed E-state index contributed by atoms with van der Waals surface area (Å²) in [6.45, 7) is 2.27. The number of carboxylic acid groups (broad SMARTS) is 1. The molecule has 0 aliphatic rings. The minimum Gasteiger partial charge on any atom is -0.480 e. The molecule has 0 bridgehead atoms. The second-order valence-electron chi connectivity index (χ2n) is 4.11. The number of aliphatic carboxylic acids is 1. The van der Waals surface area contributed by atoms with E-state index >= 15 is 0 Å². The van der Waals surface area contributed by atoms with E-state index in [1.165, 1.54) is 6.07 Å². The van der Waals surface area contributed by atoms with Gasteiger partial charge in [0, 0.05) is 25.8 Å². The first-order chi connectivity index (χ1) is 8.99. The molecular weight excluding hydrogens is 272 g/mol. The van der Waals surface area contributed by atoms with Gasteiger partial charge in [0.2, 0.25) is 0 Å². The van der Waals surface area contributed by atoms with Crippen LogP contribution < -0.4 is 5.32 Å². The highest BCUT2D eigenvalue weighted by Crippen LogP contribution is 2.15. The van der Waals surface area contributed by atoms with Crippen LogP contribution in [0.25, 0.3) is 0 Å². The van der Waals surface area contributed by atoms with Gasteiger partial charge in [-0.2, -0.15) is 0 Å². The van der Waals surface area contributed by atoms with Crippen LogP contribution in [0.2, 0.25) is 5.02 Å². The van der Waals surface area contributed by atoms with Crippen LogP contribution in [-0.4, -0.2) is 39.3 Å². The molecule has 6 nitrogen and oxygen atoms in total. The van der Waals surface area contributed by atoms with Crippen molar-refractivity contribution < 1.29 is 19.8 Å². The maximum Gasteiger partial charge on any atom is 0.326 e. The van der Waals surface area contributed by atoms with Crippen molar-refractivity contribution in [1.29, 1.82) is 0 Å². The van der Waals surface area contributed by atoms with Gasteiger partial charge in [-0.3, -0.25) is 4.79 Å². The van der Waals surface area contributed by atoms with Crippen LogP contribution in [0.4, 0.5) is 0 Å². The van der Waals surface area contributed by atoms with Crippen molar-refractivity contribution >= 4 is 23.5 Å². The maximum absolute atomic E-state index is 12.0. The van der Waals surface area contributed by atoms with Crippen molar-refractivity contribution in [3.05, 3.63) is 23.0 Å². The lowest BCUT2D eigenvalue weighted by Gasteiger charge is -2.14. The van der Waals surface area contributed by atoms with Gasteiger partial charge in [0.05, 0.1) is 5.02 Å². The quantitative estimate of drug-likeness (QED) is 0.701. The number of aromatic nitrogens is 1. The third kappa shape index (κ3) is 4.25. The van der Waals surface area contributed by atoms with E-state index in [9.17, 15) is 9.59 Å². The molecule has 0 saturated heterocycles. The Morgan fingerprint density at radius 3 is 2.74 bits per heavy atom. The molecule has 19 heavy (non-hydrogen) atoms. The molecule has 0 fully saturated rings. The van der Waals surface area contributed by atoms with Crippen LogP contribution in [0.5, 0.6) is 0 Å². The van der Waals surface area contributed by atoms with Crippen molar-refractivity contribution in [3.8, 4) is 0 Å². The Balaban J connectivity index is 2.84. The van der Waals surface area contributed by atoms with Crippen molar-refractivity contribution in [3.63, 3.8) is 0 Å². The average molecular weight is 289 g/mol. The zero-order valence-corrected chi connectivity index (χ0v) is 11.4. The summed E-state index contributed by atoms with van der Waals surface area (Å²) in [7, 11) is 0. The second-order valence-corrected chi connectivity index (χ2v) is 4.55. The Kier molecular flexibility index (Phi) is 5.85. The Morgan fingerprint density at radius 2 is 2.21 bits per heavy atom. The number of rotatable bonds is 7. The van der Waals surface area contributed by atoms with E-state index in [4.69, 9.17) is 21.8 Å². The maximum atomic E-state index is 12.0. The topological polar surface area (TPSA) is 91.6 Å². The molecule has 0 unspecified atom stereocenters. The van der Waals surface area contributed by atoms with E-state index in [-0.39, 0.29) is 13.0 Å². The third-order valence-corrected chi connectivity index (χ3v) is 2.79. The third-order valence-electron chi connectivity index (χ3n) is 2.58. The number of aryl methyl sites for hydroxylation is 1. The van der Waals surface area contributed by atoms with E-state index in [2.05, 4.69) is 5.32 Å². The molecule has 1 aromatic rings. The molecule has 0 spiro atoms. The molecule has 0 aromatic carbocycles. The number of amides is 1. The lowest BCUT2D eigenvalue weighted by molar-refractivity contribution is -0.139. The highest BCUT2D eigenvalue weighted by atomic mass is 35.5. The molecule has 0 aliphatic heterocycles. The molecule has 1 rings (SSSR count). The van der Waals surface area contributed by atoms with Crippen LogP contribution in [0.1, 0.15) is 30.3 Å². The number of aliphatic hydroxyl groups is 1. The summed E-state index contributed by atoms with van der Waals surface area (Å²) >= 11 is 5.85. The monoisotopic (exact) mass is 288 g/mol. The first kappa shape index (κ1) is 15.5. The largest absolute Gasteiger partial charge is 0.480 e. The number of hydrogen-bond acceptors (Lipinski definition) is 3. The van der Waals surface area contributed by atoms with Gasteiger partial charge in [0.15, 0.2) is 0 Å². The molecule has 1 atom stereocenters. The predicted molar refractivity (Wildman–Crippen MR) is 70.3 cm³/mol. The van der Waals surface area contributed by atoms with Gasteiger partial charge in [-0.15, -0.1) is 0 Å². The Morgan fingerprint density at radius 1 is 1.53 bits per heavy atom. The highest BCUT2D eigenvalue weighted by molar-refractivity contribution is 6.31. The summed E-state index contributed by atoms with van der Waals surface area (Å²) in [5, 5.41) is 20.5. The first-order valence-corrected chi connectivity index (χ1v) is 6.37. The van der Waals surface area contributed by atoms with Gasteiger partial charge in [0.25, 0.3) is 5.91 Å². The normalized spacial score (nSPS) is 12.2. The van der Waals surface area contributed by atoms with Crippen molar-refractivity contribution in [2.45, 2.75) is 32.4 Å². The minimum atomic E-state index is -1.18. The van der Waals surface area contributed by atoms with Gasteiger partial charge in [-0.25, -0.2) is 4.79 Å². The van der Waals surface area contributed by atoms with Crippen LogP contribution in [0.3, 0.4) is 0 Å². The van der Waals surface area contributed by atoms with E-state index in [1.54, 1.807) is 10.8 Å². The molecule has 106 valence electrons. The zero-order chi connectivity index (χ0) is 14.4. The fraction of sp³-hybridized carbons (Fsp3) is 0.500. The van der Waals surface area contributed by atoms with Gasteiger partial charge < -0.3 is 20.1 Å². The number of carbonyl (C=O) groups excluding carboxylic acids is 1. The molecule has 0 aliphatic carbocycles. The molecule has 1 heterocycles. The Bertz CT molecular complexity index is 459. The van der Waals surface area contributed by atoms with Crippen LogP contribution >= 0.6 is 11.6 Å². The van der Waals surface area contributed by atoms with Gasteiger partial charge in [-0.1, -0.05) is 18.5 Å². The zero-order valence-electron chi connectivity index (χ0n) is 10.6. The van der Waals surface area contributed by atoms with Crippen molar-refractivity contribution in [2.24, 2.45) is 0 Å². The van der Waals surface area contributed by atoms with Crippen LogP contribution in [-0.2, 0) is 11.3 Å². The molecule has 0 radical (unpaired) electrons. The Hall–Kier alpha value is -1.53. The van der Waals surface area contributed by atoms with Gasteiger partial charge in [0.1, 0.15) is 11.7 Å². The number of aliphatic hydroxyl groups excluding tert-OH is 1. The van der Waals surface area contributed by atoms with Crippen molar-refractivity contribution in [2.75, 3.05) is 6.61 Å². The average Bonchev–Trinajstić information content (AvgIpc) is 2.70. The number of nitrogens with zero attached hydrogens (tertiary/aromatic N) is 1. The van der Waals surface area contributed by atoms with Crippen molar-refractivity contribution in [1.82, 2.24) is 9.88 Å². The summed E-state index contributed by atoms with van der Waals surface area (Å²) in [4.78, 5) is 22.9. The fourth-order valence-electron chi connectivity index (χ4n) is 1.71. The molecular formula is C12H17ClN2O4. The van der Waals surface area contributed by atoms with Crippen LogP contribution in [0.15, 0.2) is 12.3 Å². The molecule has 1 aromatic heterocycles. The molecule has 1 amide bonds. The first-order valence-electron chi connectivity index (χ1n) is 5.99. The molecule has 7 heteroatoms. The number of nitrogens with one attached hydrogen (secondary N) is 1. The van der Waals surface area contributed by atoms with E-state index < -0.39 is 17.9 Å². The SMILES string of the molecule is CCCn1cc(Cl)cc1C(=O)N[C@H](CCO)C(=O)O. The van der Waals surface area contributed by atoms with E-state index in [0.717, 1.165) is 6.42 Å². The van der Waals surface area contributed by atoms with Gasteiger partial charge >= 0.3 is 5.97 Å². The van der Waals surface area contributed by atoms with E-state index in [0.29, 0.717) is 17.3 Å². The lowest BCUT2D eigenvalue weighted by Crippen LogP contribution is -2.42. The summed E-state index contributed by atoms with van der Waals surface area (Å²) in [6, 6.07) is 0.381. The summed E-state index contributed by atoms with van der Waals surface area (Å²) in [5.41, 5.74) is 0.316. The van der Waals surface area contributed by atoms with Gasteiger partial charge in [-0.05, 0) is 12.5 Å². The standard InChI is InChI=1S/C12H17ClN2O4/c1-2-4-15-7-8(13)6-10(15)11(17)14-9(3-5-16)12(18)19/h6-7,9,16H,2-5H2,1H3,(H,14,17)(H,18,19)/t9-/m1/s1. The highest BCUT2D eigenvalue weighted by Gasteiger charge is 2.22. The molecule has 3 N–H and O–H groups in total. The second kappa shape index (κ2) is 7.16. The number of hydrogen-bond donors (Lipinski definition) is 3. The van der Waals surface area contributed by atoms with Crippen LogP contribution in [0, 0.1) is 0 Å². The lowest BCUT2D eigenvalue weighted by atomic mass is 10.2. The predicted octanol–water partition coefficient (Wildman–Crippen LogP) is 1.12. The van der Waals surface area contributed by atoms with E-state index in [1.807, 2.05) is 6.92 Å². The minimum absolute atomic E-state index is 0.0384. The number of carbonyl (C=O) groups is 2. The Labute approximate surface area is 116 Å². The smallest absolute Gasteiger partial charge is 0.326 e. The summed E-state index contributed by atoms with van der Waals surface area (Å²) < 4.78 is 1.68. The number of carboxylic acids is 1. The number of halogens is 1. The summed E-state index contributed by atoms with van der Waals surface area (Å²) in [5.74, 6) is -1.69. The summed E-state index contributed by atoms with van der Waals surface area (Å²) in [6.07, 6.45) is 2.41.